The summed E-state index contributed by atoms with van der Waals surface area (Å²) >= 11 is 0. The smallest absolute Gasteiger partial charge is 0.323 e. The van der Waals surface area contributed by atoms with Crippen LogP contribution in [0.4, 0.5) is 16.2 Å². The number of carbonyl (C=O) groups excluding carboxylic acids is 2. The number of amides is 3. The van der Waals surface area contributed by atoms with Gasteiger partial charge in [0.1, 0.15) is 11.9 Å². The second-order valence-electron chi connectivity index (χ2n) is 10.3. The Morgan fingerprint density at radius 3 is 2.56 bits per heavy atom. The molecule has 0 unspecified atom stereocenters. The Balaban J connectivity index is 1.55. The molecule has 2 aliphatic rings. The molecule has 1 saturated carbocycles. The van der Waals surface area contributed by atoms with Crippen LogP contribution >= 0.6 is 0 Å². The fraction of sp³-hybridized carbons (Fsp3) is 0.500. The third-order valence-corrected chi connectivity index (χ3v) is 6.96. The van der Waals surface area contributed by atoms with E-state index in [1.807, 2.05) is 43.3 Å². The molecular formula is C28H38N4O4. The summed E-state index contributed by atoms with van der Waals surface area (Å²) in [5.74, 6) is 1.45. The van der Waals surface area contributed by atoms with Gasteiger partial charge in [0.05, 0.1) is 19.1 Å². The van der Waals surface area contributed by atoms with Gasteiger partial charge in [0.15, 0.2) is 0 Å². The lowest BCUT2D eigenvalue weighted by atomic mass is 10.0. The number of aliphatic hydroxyl groups is 1. The number of para-hydroxylation sites is 1. The van der Waals surface area contributed by atoms with Crippen molar-refractivity contribution in [3.8, 4) is 5.75 Å². The van der Waals surface area contributed by atoms with Crippen LogP contribution in [0.15, 0.2) is 48.5 Å². The highest BCUT2D eigenvalue weighted by molar-refractivity contribution is 5.99. The summed E-state index contributed by atoms with van der Waals surface area (Å²) in [5, 5.41) is 15.5. The first-order chi connectivity index (χ1) is 17.3. The van der Waals surface area contributed by atoms with Gasteiger partial charge < -0.3 is 30.3 Å². The van der Waals surface area contributed by atoms with E-state index < -0.39 is 0 Å². The Kier molecular flexibility index (Phi) is 8.48. The summed E-state index contributed by atoms with van der Waals surface area (Å²) < 4.78 is 6.56. The van der Waals surface area contributed by atoms with Gasteiger partial charge in [-0.1, -0.05) is 25.1 Å². The van der Waals surface area contributed by atoms with Gasteiger partial charge in [-0.2, -0.15) is 0 Å². The zero-order valence-corrected chi connectivity index (χ0v) is 21.4. The molecule has 2 aromatic carbocycles. The van der Waals surface area contributed by atoms with Gasteiger partial charge in [-0.25, -0.2) is 4.79 Å². The number of benzene rings is 2. The molecule has 0 bridgehead atoms. The van der Waals surface area contributed by atoms with Crippen LogP contribution in [-0.2, 0) is 11.2 Å². The van der Waals surface area contributed by atoms with E-state index in [1.54, 1.807) is 17.0 Å². The van der Waals surface area contributed by atoms with E-state index in [0.29, 0.717) is 23.7 Å². The maximum atomic E-state index is 13.3. The van der Waals surface area contributed by atoms with Gasteiger partial charge in [0.2, 0.25) is 5.91 Å². The molecule has 3 atom stereocenters. The monoisotopic (exact) mass is 494 g/mol. The molecule has 1 aliphatic carbocycles. The summed E-state index contributed by atoms with van der Waals surface area (Å²) in [5.41, 5.74) is 1.99. The van der Waals surface area contributed by atoms with Crippen molar-refractivity contribution < 1.29 is 19.4 Å². The van der Waals surface area contributed by atoms with E-state index >= 15 is 0 Å². The Morgan fingerprint density at radius 2 is 1.86 bits per heavy atom. The standard InChI is InChI=1S/C28H38N4O4/c1-19-15-32(20(2)18-33)27(34)14-22-13-24(30-28(35)29-23-7-5-4-6-8-23)11-12-25(22)36-26(19)17-31(3)16-21-9-10-21/h4-8,11-13,19-21,26,33H,9-10,14-18H2,1-3H3,(H2,29,30,35)/t19-,20+,26-/m1/s1. The van der Waals surface area contributed by atoms with Crippen molar-refractivity contribution >= 4 is 23.3 Å². The first-order valence-electron chi connectivity index (χ1n) is 12.8. The second kappa shape index (κ2) is 11.8. The fourth-order valence-electron chi connectivity index (χ4n) is 4.66. The lowest BCUT2D eigenvalue weighted by Gasteiger charge is -2.34. The predicted molar refractivity (Wildman–Crippen MR) is 141 cm³/mol. The van der Waals surface area contributed by atoms with Gasteiger partial charge in [-0.05, 0) is 63.1 Å². The molecular weight excluding hydrogens is 456 g/mol. The van der Waals surface area contributed by atoms with Crippen molar-refractivity contribution in [1.82, 2.24) is 9.80 Å². The Hall–Kier alpha value is -3.10. The molecule has 2 aromatic rings. The molecule has 3 N–H and O–H groups in total. The van der Waals surface area contributed by atoms with Gasteiger partial charge in [0.25, 0.3) is 0 Å². The van der Waals surface area contributed by atoms with Crippen molar-refractivity contribution in [3.05, 3.63) is 54.1 Å². The molecule has 0 spiro atoms. The van der Waals surface area contributed by atoms with Crippen molar-refractivity contribution in [2.24, 2.45) is 11.8 Å². The lowest BCUT2D eigenvalue weighted by Crippen LogP contribution is -2.47. The number of ether oxygens (including phenoxy) is 1. The largest absolute Gasteiger partial charge is 0.488 e. The Bertz CT molecular complexity index is 1040. The van der Waals surface area contributed by atoms with Crippen LogP contribution in [-0.4, -0.2) is 72.3 Å². The normalized spacial score (nSPS) is 21.0. The van der Waals surface area contributed by atoms with E-state index in [0.717, 1.165) is 24.6 Å². The maximum Gasteiger partial charge on any atom is 0.323 e. The van der Waals surface area contributed by atoms with Crippen LogP contribution in [0.5, 0.6) is 5.75 Å². The molecule has 1 heterocycles. The zero-order valence-electron chi connectivity index (χ0n) is 21.4. The summed E-state index contributed by atoms with van der Waals surface area (Å²) in [6.45, 7) is 6.20. The Morgan fingerprint density at radius 1 is 1.14 bits per heavy atom. The maximum absolute atomic E-state index is 13.3. The Labute approximate surface area is 213 Å². The van der Waals surface area contributed by atoms with Crippen LogP contribution in [0.2, 0.25) is 0 Å². The van der Waals surface area contributed by atoms with Crippen LogP contribution in [0.1, 0.15) is 32.3 Å². The van der Waals surface area contributed by atoms with Crippen molar-refractivity contribution in [2.45, 2.75) is 45.3 Å². The number of hydrogen-bond donors (Lipinski definition) is 3. The quantitative estimate of drug-likeness (QED) is 0.519. The van der Waals surface area contributed by atoms with Crippen molar-refractivity contribution in [3.63, 3.8) is 0 Å². The van der Waals surface area contributed by atoms with E-state index in [4.69, 9.17) is 4.74 Å². The third kappa shape index (κ3) is 6.98. The third-order valence-electron chi connectivity index (χ3n) is 6.96. The number of fused-ring (bicyclic) bond motifs is 1. The van der Waals surface area contributed by atoms with E-state index in [1.165, 1.54) is 12.8 Å². The first kappa shape index (κ1) is 26.0. The van der Waals surface area contributed by atoms with Crippen LogP contribution in [0.25, 0.3) is 0 Å². The van der Waals surface area contributed by atoms with Crippen LogP contribution < -0.4 is 15.4 Å². The summed E-state index contributed by atoms with van der Waals surface area (Å²) in [4.78, 5) is 29.9. The van der Waals surface area contributed by atoms with Crippen molar-refractivity contribution in [1.29, 1.82) is 0 Å². The number of hydrogen-bond acceptors (Lipinski definition) is 5. The summed E-state index contributed by atoms with van der Waals surface area (Å²) in [7, 11) is 2.12. The predicted octanol–water partition coefficient (Wildman–Crippen LogP) is 3.82. The molecule has 36 heavy (non-hydrogen) atoms. The molecule has 0 saturated heterocycles. The highest BCUT2D eigenvalue weighted by Gasteiger charge is 2.32. The molecule has 8 nitrogen and oxygen atoms in total. The summed E-state index contributed by atoms with van der Waals surface area (Å²) in [6, 6.07) is 14.0. The van der Waals surface area contributed by atoms with Gasteiger partial charge in [-0.15, -0.1) is 0 Å². The molecule has 194 valence electrons. The average Bonchev–Trinajstić information content (AvgIpc) is 3.66. The molecule has 8 heteroatoms. The van der Waals surface area contributed by atoms with Crippen LogP contribution in [0.3, 0.4) is 0 Å². The number of rotatable bonds is 8. The number of nitrogens with one attached hydrogen (secondary N) is 2. The molecule has 1 aliphatic heterocycles. The van der Waals surface area contributed by atoms with E-state index in [-0.39, 0.29) is 43.0 Å². The van der Waals surface area contributed by atoms with Gasteiger partial charge in [0, 0.05) is 42.5 Å². The molecule has 3 amide bonds. The lowest BCUT2D eigenvalue weighted by molar-refractivity contribution is -0.134. The average molecular weight is 495 g/mol. The molecule has 1 fully saturated rings. The van der Waals surface area contributed by atoms with Crippen molar-refractivity contribution in [2.75, 3.05) is 43.9 Å². The second-order valence-corrected chi connectivity index (χ2v) is 10.3. The number of anilines is 2. The number of nitrogens with zero attached hydrogens (tertiary/aromatic N) is 2. The number of aliphatic hydroxyl groups excluding tert-OH is 1. The number of carbonyl (C=O) groups is 2. The van der Waals surface area contributed by atoms with Gasteiger partial charge >= 0.3 is 6.03 Å². The minimum Gasteiger partial charge on any atom is -0.488 e. The topological polar surface area (TPSA) is 94.1 Å². The molecule has 4 rings (SSSR count). The highest BCUT2D eigenvalue weighted by Crippen LogP contribution is 2.31. The first-order valence-corrected chi connectivity index (χ1v) is 12.8. The van der Waals surface area contributed by atoms with E-state index in [2.05, 4.69) is 29.5 Å². The number of urea groups is 1. The minimum absolute atomic E-state index is 0.0638. The highest BCUT2D eigenvalue weighted by atomic mass is 16.5. The fourth-order valence-corrected chi connectivity index (χ4v) is 4.66. The number of likely N-dealkylation sites (N-methyl/N-ethyl adjacent to an activating group) is 1. The zero-order chi connectivity index (χ0) is 25.7. The van der Waals surface area contributed by atoms with E-state index in [9.17, 15) is 14.7 Å². The molecule has 0 aromatic heterocycles. The minimum atomic E-state index is -0.361. The van der Waals surface area contributed by atoms with Crippen LogP contribution in [0, 0.1) is 11.8 Å². The molecule has 0 radical (unpaired) electrons. The van der Waals surface area contributed by atoms with Gasteiger partial charge in [-0.3, -0.25) is 4.79 Å². The summed E-state index contributed by atoms with van der Waals surface area (Å²) in [6.07, 6.45) is 2.59. The SMILES string of the molecule is C[C@@H]1CN([C@@H](C)CO)C(=O)Cc2cc(NC(=O)Nc3ccccc3)ccc2O[C@@H]1CN(C)CC1CC1.